The van der Waals surface area contributed by atoms with Gasteiger partial charge in [-0.2, -0.15) is 5.10 Å². The molecule has 2 aliphatic rings. The van der Waals surface area contributed by atoms with Crippen LogP contribution in [0.4, 0.5) is 0 Å². The molecular formula is C21H22N2O. The summed E-state index contributed by atoms with van der Waals surface area (Å²) in [6.07, 6.45) is 4.04. The van der Waals surface area contributed by atoms with E-state index in [0.717, 1.165) is 18.6 Å². The Labute approximate surface area is 143 Å². The van der Waals surface area contributed by atoms with Gasteiger partial charge in [0, 0.05) is 18.5 Å². The van der Waals surface area contributed by atoms with Crippen molar-refractivity contribution in [2.24, 2.45) is 11.0 Å². The number of aryl methyl sites for hydroxylation is 1. The van der Waals surface area contributed by atoms with Crippen molar-refractivity contribution in [3.05, 3.63) is 77.9 Å². The Morgan fingerprint density at radius 1 is 1.21 bits per heavy atom. The van der Waals surface area contributed by atoms with Gasteiger partial charge in [0.25, 0.3) is 0 Å². The maximum Gasteiger partial charge on any atom is 0.119 e. The van der Waals surface area contributed by atoms with Gasteiger partial charge in [-0.25, -0.2) is 0 Å². The molecule has 3 heteroatoms. The summed E-state index contributed by atoms with van der Waals surface area (Å²) in [6.45, 7) is 4.22. The van der Waals surface area contributed by atoms with Crippen LogP contribution in [0.25, 0.3) is 0 Å². The minimum Gasteiger partial charge on any atom is -0.490 e. The molecule has 0 fully saturated rings. The molecule has 0 saturated carbocycles. The number of fused-ring (bicyclic) bond motifs is 3. The third-order valence-corrected chi connectivity index (χ3v) is 5.01. The molecule has 2 aromatic carbocycles. The van der Waals surface area contributed by atoms with Gasteiger partial charge in [-0.05, 0) is 36.1 Å². The van der Waals surface area contributed by atoms with Gasteiger partial charge in [-0.1, -0.05) is 49.1 Å². The summed E-state index contributed by atoms with van der Waals surface area (Å²) < 4.78 is 5.59. The second kappa shape index (κ2) is 6.16. The molecule has 122 valence electrons. The summed E-state index contributed by atoms with van der Waals surface area (Å²) in [5.41, 5.74) is 5.30. The van der Waals surface area contributed by atoms with Crippen LogP contribution in [0.1, 0.15) is 29.2 Å². The molecule has 0 bridgehead atoms. The molecule has 1 heterocycles. The molecule has 24 heavy (non-hydrogen) atoms. The SMILES string of the molecule is C=CCOc1ccc([C@@H]2[C@H]3CCc4ccccc4C3=NN2C)cc1. The molecule has 0 spiro atoms. The number of benzene rings is 2. The van der Waals surface area contributed by atoms with Crippen LogP contribution >= 0.6 is 0 Å². The zero-order valence-electron chi connectivity index (χ0n) is 14.0. The van der Waals surface area contributed by atoms with Crippen LogP contribution in [-0.4, -0.2) is 24.4 Å². The molecule has 1 aliphatic heterocycles. The van der Waals surface area contributed by atoms with E-state index in [1.165, 1.54) is 22.4 Å². The highest BCUT2D eigenvalue weighted by atomic mass is 16.5. The van der Waals surface area contributed by atoms with Gasteiger partial charge in [0.05, 0.1) is 11.8 Å². The Kier molecular flexibility index (Phi) is 3.85. The standard InChI is InChI=1S/C21H22N2O/c1-3-14-24-17-11-8-16(9-12-17)21-19-13-10-15-6-4-5-7-18(15)20(19)22-23(21)2/h3-9,11-12,19,21H,1,10,13-14H2,2H3/t19-,21+/m0/s1. The quantitative estimate of drug-likeness (QED) is 0.789. The van der Waals surface area contributed by atoms with Crippen LogP contribution in [-0.2, 0) is 6.42 Å². The van der Waals surface area contributed by atoms with E-state index in [-0.39, 0.29) is 0 Å². The zero-order valence-corrected chi connectivity index (χ0v) is 14.0. The number of hydrazone groups is 1. The van der Waals surface area contributed by atoms with Crippen molar-refractivity contribution in [1.29, 1.82) is 0 Å². The van der Waals surface area contributed by atoms with Gasteiger partial charge in [0.1, 0.15) is 12.4 Å². The average Bonchev–Trinajstić information content (AvgIpc) is 2.97. The molecule has 0 N–H and O–H groups in total. The summed E-state index contributed by atoms with van der Waals surface area (Å²) in [5.74, 6) is 1.35. The van der Waals surface area contributed by atoms with Crippen molar-refractivity contribution in [3.8, 4) is 5.75 Å². The normalized spacial score (nSPS) is 21.7. The Morgan fingerprint density at radius 2 is 2.00 bits per heavy atom. The average molecular weight is 318 g/mol. The molecule has 0 amide bonds. The lowest BCUT2D eigenvalue weighted by atomic mass is 9.77. The third-order valence-electron chi connectivity index (χ3n) is 5.01. The van der Waals surface area contributed by atoms with Gasteiger partial charge in [-0.3, -0.25) is 5.01 Å². The highest BCUT2D eigenvalue weighted by Crippen LogP contribution is 2.42. The number of rotatable bonds is 4. The predicted molar refractivity (Wildman–Crippen MR) is 97.4 cm³/mol. The minimum atomic E-state index is 0.307. The summed E-state index contributed by atoms with van der Waals surface area (Å²) in [7, 11) is 2.08. The topological polar surface area (TPSA) is 24.8 Å². The second-order valence-electron chi connectivity index (χ2n) is 6.47. The first kappa shape index (κ1) is 15.0. The van der Waals surface area contributed by atoms with Crippen LogP contribution in [0.2, 0.25) is 0 Å². The zero-order chi connectivity index (χ0) is 16.5. The van der Waals surface area contributed by atoms with Crippen molar-refractivity contribution >= 4 is 5.71 Å². The fraction of sp³-hybridized carbons (Fsp3) is 0.286. The monoisotopic (exact) mass is 318 g/mol. The van der Waals surface area contributed by atoms with Gasteiger partial charge in [0.2, 0.25) is 0 Å². The van der Waals surface area contributed by atoms with Crippen LogP contribution < -0.4 is 4.74 Å². The second-order valence-corrected chi connectivity index (χ2v) is 6.47. The van der Waals surface area contributed by atoms with E-state index in [9.17, 15) is 0 Å². The summed E-state index contributed by atoms with van der Waals surface area (Å²) >= 11 is 0. The molecule has 0 unspecified atom stereocenters. The summed E-state index contributed by atoms with van der Waals surface area (Å²) in [4.78, 5) is 0. The van der Waals surface area contributed by atoms with E-state index < -0.39 is 0 Å². The highest BCUT2D eigenvalue weighted by Gasteiger charge is 2.39. The molecular weight excluding hydrogens is 296 g/mol. The number of nitrogens with zero attached hydrogens (tertiary/aromatic N) is 2. The van der Waals surface area contributed by atoms with E-state index in [1.54, 1.807) is 6.08 Å². The first-order valence-corrected chi connectivity index (χ1v) is 8.51. The van der Waals surface area contributed by atoms with Crippen LogP contribution in [0.3, 0.4) is 0 Å². The highest BCUT2D eigenvalue weighted by molar-refractivity contribution is 6.05. The van der Waals surface area contributed by atoms with Crippen molar-refractivity contribution in [1.82, 2.24) is 5.01 Å². The van der Waals surface area contributed by atoms with Crippen LogP contribution in [0.5, 0.6) is 5.75 Å². The van der Waals surface area contributed by atoms with E-state index in [0.29, 0.717) is 18.6 Å². The Morgan fingerprint density at radius 3 is 2.79 bits per heavy atom. The van der Waals surface area contributed by atoms with Crippen molar-refractivity contribution in [2.75, 3.05) is 13.7 Å². The van der Waals surface area contributed by atoms with Gasteiger partial charge in [0.15, 0.2) is 0 Å². The first-order valence-electron chi connectivity index (χ1n) is 8.51. The molecule has 2 atom stereocenters. The van der Waals surface area contributed by atoms with E-state index in [1.807, 2.05) is 12.1 Å². The molecule has 4 rings (SSSR count). The number of hydrogen-bond donors (Lipinski definition) is 0. The predicted octanol–water partition coefficient (Wildman–Crippen LogP) is 4.20. The first-order chi connectivity index (χ1) is 11.8. The molecule has 2 aromatic rings. The largest absolute Gasteiger partial charge is 0.490 e. The van der Waals surface area contributed by atoms with E-state index >= 15 is 0 Å². The lowest BCUT2D eigenvalue weighted by Crippen LogP contribution is -2.27. The fourth-order valence-corrected chi connectivity index (χ4v) is 3.93. The maximum atomic E-state index is 5.59. The Hall–Kier alpha value is -2.55. The Bertz CT molecular complexity index is 779. The van der Waals surface area contributed by atoms with Crippen LogP contribution in [0.15, 0.2) is 66.3 Å². The molecule has 0 saturated heterocycles. The smallest absolute Gasteiger partial charge is 0.119 e. The van der Waals surface area contributed by atoms with Crippen molar-refractivity contribution in [2.45, 2.75) is 18.9 Å². The van der Waals surface area contributed by atoms with Gasteiger partial charge >= 0.3 is 0 Å². The minimum absolute atomic E-state index is 0.307. The summed E-state index contributed by atoms with van der Waals surface area (Å²) in [6, 6.07) is 17.4. The molecule has 3 nitrogen and oxygen atoms in total. The van der Waals surface area contributed by atoms with Crippen molar-refractivity contribution < 1.29 is 4.74 Å². The summed E-state index contributed by atoms with van der Waals surface area (Å²) in [5, 5.41) is 7.01. The molecule has 1 aliphatic carbocycles. The van der Waals surface area contributed by atoms with Gasteiger partial charge in [-0.15, -0.1) is 0 Å². The lowest BCUT2D eigenvalue weighted by molar-refractivity contribution is 0.243. The number of hydrogen-bond acceptors (Lipinski definition) is 3. The van der Waals surface area contributed by atoms with E-state index in [2.05, 4.69) is 55.0 Å². The maximum absolute atomic E-state index is 5.59. The lowest BCUT2D eigenvalue weighted by Gasteiger charge is -2.29. The number of ether oxygens (including phenoxy) is 1. The fourth-order valence-electron chi connectivity index (χ4n) is 3.93. The van der Waals surface area contributed by atoms with E-state index in [4.69, 9.17) is 9.84 Å². The molecule has 0 aromatic heterocycles. The van der Waals surface area contributed by atoms with Crippen LogP contribution in [0, 0.1) is 5.92 Å². The Balaban J connectivity index is 1.61. The van der Waals surface area contributed by atoms with Crippen molar-refractivity contribution in [3.63, 3.8) is 0 Å². The third kappa shape index (κ3) is 2.50. The molecule has 0 radical (unpaired) electrons. The van der Waals surface area contributed by atoms with Gasteiger partial charge < -0.3 is 4.74 Å².